The molecule has 4 N–H and O–H groups in total. The first-order chi connectivity index (χ1) is 16.2. The molecule has 0 spiro atoms. The number of allylic oxidation sites excluding steroid dienone is 1. The number of rotatable bonds is 11. The molecule has 8 nitrogen and oxygen atoms in total. The molecule has 0 radical (unpaired) electrons. The summed E-state index contributed by atoms with van der Waals surface area (Å²) in [5, 5.41) is 19.9. The number of anilines is 1. The molecule has 0 aliphatic carbocycles. The fraction of sp³-hybridized carbons (Fsp3) is 0.333. The number of halogens is 2. The lowest BCUT2D eigenvalue weighted by molar-refractivity contribution is -0.125. The quantitative estimate of drug-likeness (QED) is 0.215. The third-order valence-corrected chi connectivity index (χ3v) is 5.02. The van der Waals surface area contributed by atoms with Crippen LogP contribution in [0.1, 0.15) is 38.4 Å². The third kappa shape index (κ3) is 8.13. The molecule has 10 heteroatoms. The molecule has 0 heterocycles. The number of aliphatic hydroxyl groups is 1. The monoisotopic (exact) mass is 478 g/mol. The Labute approximate surface area is 196 Å². The molecule has 2 rings (SSSR count). The molecule has 2 aromatic rings. The standard InChI is InChI=1S/C24H28F2N2O6/c1-15(4-3-5-16(2)23(30)28-32)22(17-6-9-19(10-7-17)33-13-12-29)34-24(31)27-21-11-8-18(25)14-20(21)26/h5-11,14-15,22,29,32H,3-4,12-13H2,1-2H3,(H,27,31)(H,28,30)/b16-5+/t15-,22+/m0/s1. The average Bonchev–Trinajstić information content (AvgIpc) is 2.82. The van der Waals surface area contributed by atoms with Crippen molar-refractivity contribution in [2.24, 2.45) is 5.92 Å². The highest BCUT2D eigenvalue weighted by molar-refractivity contribution is 5.91. The predicted octanol–water partition coefficient (Wildman–Crippen LogP) is 4.49. The summed E-state index contributed by atoms with van der Waals surface area (Å²) in [5.74, 6) is -2.02. The van der Waals surface area contributed by atoms with Gasteiger partial charge in [-0.2, -0.15) is 0 Å². The smallest absolute Gasteiger partial charge is 0.412 e. The van der Waals surface area contributed by atoms with E-state index in [1.54, 1.807) is 42.7 Å². The van der Waals surface area contributed by atoms with Crippen molar-refractivity contribution >= 4 is 17.7 Å². The van der Waals surface area contributed by atoms with Crippen molar-refractivity contribution in [2.75, 3.05) is 18.5 Å². The summed E-state index contributed by atoms with van der Waals surface area (Å²) in [6.45, 7) is 3.40. The van der Waals surface area contributed by atoms with E-state index in [1.165, 1.54) is 0 Å². The van der Waals surface area contributed by atoms with Gasteiger partial charge in [-0.05, 0) is 55.5 Å². The van der Waals surface area contributed by atoms with Crippen LogP contribution < -0.4 is 15.5 Å². The van der Waals surface area contributed by atoms with E-state index < -0.39 is 29.7 Å². The molecule has 0 fully saturated rings. The summed E-state index contributed by atoms with van der Waals surface area (Å²) in [4.78, 5) is 23.9. The highest BCUT2D eigenvalue weighted by Crippen LogP contribution is 2.31. The summed E-state index contributed by atoms with van der Waals surface area (Å²) in [7, 11) is 0. The maximum Gasteiger partial charge on any atom is 0.412 e. The van der Waals surface area contributed by atoms with Gasteiger partial charge in [0, 0.05) is 11.6 Å². The first-order valence-electron chi connectivity index (χ1n) is 10.6. The van der Waals surface area contributed by atoms with E-state index in [0.717, 1.165) is 12.1 Å². The Hall–Kier alpha value is -3.50. The van der Waals surface area contributed by atoms with Crippen molar-refractivity contribution in [3.63, 3.8) is 0 Å². The summed E-state index contributed by atoms with van der Waals surface area (Å²) in [5.41, 5.74) is 2.32. The van der Waals surface area contributed by atoms with E-state index in [-0.39, 0.29) is 24.8 Å². The van der Waals surface area contributed by atoms with Crippen LogP contribution in [0.2, 0.25) is 0 Å². The summed E-state index contributed by atoms with van der Waals surface area (Å²) >= 11 is 0. The Morgan fingerprint density at radius 1 is 1.15 bits per heavy atom. The van der Waals surface area contributed by atoms with Crippen LogP contribution in [-0.4, -0.2) is 35.5 Å². The number of benzene rings is 2. The molecule has 0 bridgehead atoms. The SMILES string of the molecule is C/C(=C\CC[C@H](C)[C@@H](OC(=O)Nc1ccc(F)cc1F)c1ccc(OCCO)cc1)C(=O)NO. The number of ether oxygens (including phenoxy) is 2. The molecule has 2 amide bonds. The zero-order chi connectivity index (χ0) is 25.1. The molecule has 184 valence electrons. The van der Waals surface area contributed by atoms with E-state index in [9.17, 15) is 18.4 Å². The Morgan fingerprint density at radius 3 is 2.47 bits per heavy atom. The lowest BCUT2D eigenvalue weighted by Gasteiger charge is -2.25. The summed E-state index contributed by atoms with van der Waals surface area (Å²) < 4.78 is 38.0. The van der Waals surface area contributed by atoms with Gasteiger partial charge in [-0.3, -0.25) is 15.3 Å². The number of carbonyl (C=O) groups excluding carboxylic acids is 2. The Balaban J connectivity index is 2.16. The van der Waals surface area contributed by atoms with E-state index in [0.29, 0.717) is 35.8 Å². The molecular formula is C24H28F2N2O6. The number of nitrogens with one attached hydrogen (secondary N) is 2. The van der Waals surface area contributed by atoms with Crippen LogP contribution in [0.4, 0.5) is 19.3 Å². The van der Waals surface area contributed by atoms with Crippen LogP contribution in [0.25, 0.3) is 0 Å². The Morgan fingerprint density at radius 2 is 1.85 bits per heavy atom. The van der Waals surface area contributed by atoms with Gasteiger partial charge in [0.15, 0.2) is 0 Å². The van der Waals surface area contributed by atoms with Crippen LogP contribution in [-0.2, 0) is 9.53 Å². The minimum absolute atomic E-state index is 0.133. The molecule has 0 aliphatic rings. The zero-order valence-electron chi connectivity index (χ0n) is 18.9. The number of carbonyl (C=O) groups is 2. The van der Waals surface area contributed by atoms with Gasteiger partial charge in [0.1, 0.15) is 30.1 Å². The maximum absolute atomic E-state index is 13.9. The second-order valence-corrected chi connectivity index (χ2v) is 7.60. The van der Waals surface area contributed by atoms with Crippen LogP contribution in [0, 0.1) is 17.6 Å². The van der Waals surface area contributed by atoms with Crippen molar-refractivity contribution in [3.8, 4) is 5.75 Å². The number of hydroxylamine groups is 1. The highest BCUT2D eigenvalue weighted by atomic mass is 19.1. The van der Waals surface area contributed by atoms with Gasteiger partial charge in [-0.15, -0.1) is 0 Å². The van der Waals surface area contributed by atoms with Crippen molar-refractivity contribution in [2.45, 2.75) is 32.8 Å². The van der Waals surface area contributed by atoms with Crippen molar-refractivity contribution in [1.82, 2.24) is 5.48 Å². The van der Waals surface area contributed by atoms with Gasteiger partial charge in [-0.25, -0.2) is 19.1 Å². The highest BCUT2D eigenvalue weighted by Gasteiger charge is 2.24. The average molecular weight is 478 g/mol. The number of amides is 2. The van der Waals surface area contributed by atoms with Crippen molar-refractivity contribution < 1.29 is 38.2 Å². The zero-order valence-corrected chi connectivity index (χ0v) is 18.9. The fourth-order valence-corrected chi connectivity index (χ4v) is 3.17. The van der Waals surface area contributed by atoms with E-state index in [2.05, 4.69) is 5.32 Å². The molecule has 0 saturated heterocycles. The van der Waals surface area contributed by atoms with E-state index >= 15 is 0 Å². The van der Waals surface area contributed by atoms with Crippen molar-refractivity contribution in [1.29, 1.82) is 0 Å². The molecule has 0 saturated carbocycles. The van der Waals surface area contributed by atoms with E-state index in [1.807, 2.05) is 6.92 Å². The van der Waals surface area contributed by atoms with Gasteiger partial charge in [0.05, 0.1) is 12.3 Å². The van der Waals surface area contributed by atoms with Gasteiger partial charge in [0.25, 0.3) is 5.91 Å². The second-order valence-electron chi connectivity index (χ2n) is 7.60. The molecule has 0 aromatic heterocycles. The largest absolute Gasteiger partial charge is 0.491 e. The van der Waals surface area contributed by atoms with Crippen molar-refractivity contribution in [3.05, 3.63) is 71.3 Å². The van der Waals surface area contributed by atoms with E-state index in [4.69, 9.17) is 19.8 Å². The van der Waals surface area contributed by atoms with Crippen LogP contribution in [0.15, 0.2) is 54.1 Å². The number of aliphatic hydroxyl groups excluding tert-OH is 1. The minimum Gasteiger partial charge on any atom is -0.491 e. The van der Waals surface area contributed by atoms with Crippen LogP contribution in [0.5, 0.6) is 5.75 Å². The first-order valence-corrected chi connectivity index (χ1v) is 10.6. The topological polar surface area (TPSA) is 117 Å². The molecule has 0 unspecified atom stereocenters. The molecule has 2 aromatic carbocycles. The first kappa shape index (κ1) is 26.7. The molecule has 34 heavy (non-hydrogen) atoms. The van der Waals surface area contributed by atoms with Crippen LogP contribution >= 0.6 is 0 Å². The minimum atomic E-state index is -0.935. The lowest BCUT2D eigenvalue weighted by Crippen LogP contribution is -2.22. The fourth-order valence-electron chi connectivity index (χ4n) is 3.17. The predicted molar refractivity (Wildman–Crippen MR) is 120 cm³/mol. The molecular weight excluding hydrogens is 450 g/mol. The lowest BCUT2D eigenvalue weighted by atomic mass is 9.92. The second kappa shape index (κ2) is 13.3. The summed E-state index contributed by atoms with van der Waals surface area (Å²) in [6.07, 6.45) is 0.970. The molecule has 2 atom stereocenters. The molecule has 0 aliphatic heterocycles. The Bertz CT molecular complexity index is 997. The Kier molecular flexibility index (Phi) is 10.4. The van der Waals surface area contributed by atoms with Gasteiger partial charge < -0.3 is 14.6 Å². The summed E-state index contributed by atoms with van der Waals surface area (Å²) in [6, 6.07) is 9.51. The van der Waals surface area contributed by atoms with Gasteiger partial charge >= 0.3 is 6.09 Å². The number of hydrogen-bond acceptors (Lipinski definition) is 6. The number of hydrogen-bond donors (Lipinski definition) is 4. The third-order valence-electron chi connectivity index (χ3n) is 5.02. The van der Waals surface area contributed by atoms with Crippen LogP contribution in [0.3, 0.4) is 0 Å². The van der Waals surface area contributed by atoms with Gasteiger partial charge in [0.2, 0.25) is 0 Å². The van der Waals surface area contributed by atoms with Gasteiger partial charge in [-0.1, -0.05) is 25.1 Å². The normalized spacial score (nSPS) is 13.1. The maximum atomic E-state index is 13.9.